The largest absolute Gasteiger partial charge is 0.328 e. The Kier molecular flexibility index (Phi) is 4.05. The van der Waals surface area contributed by atoms with E-state index in [-0.39, 0.29) is 5.54 Å². The van der Waals surface area contributed by atoms with Crippen LogP contribution in [0.3, 0.4) is 0 Å². The Labute approximate surface area is 115 Å². The first-order chi connectivity index (χ1) is 9.16. The van der Waals surface area contributed by atoms with Crippen molar-refractivity contribution in [1.29, 1.82) is 0 Å². The zero-order chi connectivity index (χ0) is 13.9. The van der Waals surface area contributed by atoms with Crippen LogP contribution in [0.15, 0.2) is 36.8 Å². The van der Waals surface area contributed by atoms with E-state index < -0.39 is 0 Å². The highest BCUT2D eigenvalue weighted by molar-refractivity contribution is 5.60. The van der Waals surface area contributed by atoms with Crippen LogP contribution < -0.4 is 5.73 Å². The van der Waals surface area contributed by atoms with Crippen LogP contribution in [0.25, 0.3) is 11.3 Å². The minimum atomic E-state index is -0.0322. The normalized spacial score (nSPS) is 11.8. The maximum absolute atomic E-state index is 6.05. The molecule has 0 amide bonds. The number of rotatable bonds is 5. The Morgan fingerprint density at radius 2 is 2.00 bits per heavy atom. The zero-order valence-electron chi connectivity index (χ0n) is 12.1. The van der Waals surface area contributed by atoms with Crippen molar-refractivity contribution in [2.45, 2.75) is 39.2 Å². The Morgan fingerprint density at radius 3 is 2.58 bits per heavy atom. The number of aromatic nitrogens is 2. The maximum atomic E-state index is 6.05. The lowest BCUT2D eigenvalue weighted by atomic mass is 9.91. The number of benzene rings is 1. The fourth-order valence-corrected chi connectivity index (χ4v) is 2.67. The first-order valence-corrected chi connectivity index (χ1v) is 6.96. The first-order valence-electron chi connectivity index (χ1n) is 6.96. The summed E-state index contributed by atoms with van der Waals surface area (Å²) in [5.74, 6) is 0. The predicted octanol–water partition coefficient (Wildman–Crippen LogP) is 3.33. The van der Waals surface area contributed by atoms with E-state index >= 15 is 0 Å². The molecule has 0 aliphatic carbocycles. The van der Waals surface area contributed by atoms with Gasteiger partial charge in [0, 0.05) is 12.1 Å². The molecule has 0 radical (unpaired) electrons. The number of aryl methyl sites for hydroxylation is 1. The molecule has 2 N–H and O–H groups in total. The predicted molar refractivity (Wildman–Crippen MR) is 80.0 cm³/mol. The van der Waals surface area contributed by atoms with Gasteiger partial charge in [-0.15, -0.1) is 0 Å². The van der Waals surface area contributed by atoms with Gasteiger partial charge in [-0.2, -0.15) is 0 Å². The molecule has 0 bridgehead atoms. The molecule has 1 aromatic carbocycles. The minimum Gasteiger partial charge on any atom is -0.328 e. The van der Waals surface area contributed by atoms with Crippen LogP contribution in [0, 0.1) is 6.92 Å². The van der Waals surface area contributed by atoms with E-state index in [9.17, 15) is 0 Å². The molecular weight excluding hydrogens is 234 g/mol. The van der Waals surface area contributed by atoms with Gasteiger partial charge in [0.1, 0.15) is 0 Å². The van der Waals surface area contributed by atoms with E-state index in [1.165, 1.54) is 11.1 Å². The second-order valence-electron chi connectivity index (χ2n) is 5.15. The zero-order valence-corrected chi connectivity index (χ0v) is 12.1. The summed E-state index contributed by atoms with van der Waals surface area (Å²) in [5.41, 5.74) is 9.63. The van der Waals surface area contributed by atoms with Crippen molar-refractivity contribution in [3.63, 3.8) is 0 Å². The number of imidazole rings is 1. The minimum absolute atomic E-state index is 0.0322. The Hall–Kier alpha value is -1.61. The van der Waals surface area contributed by atoms with Crippen LogP contribution in [-0.2, 0) is 5.54 Å². The van der Waals surface area contributed by atoms with Crippen LogP contribution in [0.5, 0.6) is 0 Å². The Morgan fingerprint density at radius 1 is 1.26 bits per heavy atom. The van der Waals surface area contributed by atoms with Gasteiger partial charge in [0.15, 0.2) is 0 Å². The van der Waals surface area contributed by atoms with E-state index in [4.69, 9.17) is 5.73 Å². The van der Waals surface area contributed by atoms with Crippen molar-refractivity contribution in [3.05, 3.63) is 42.4 Å². The lowest BCUT2D eigenvalue weighted by Crippen LogP contribution is -2.40. The standard InChI is InChI=1S/C16H23N3/c1-4-16(5-2,11-17)19-12-18-10-15(19)14-8-6-7-13(3)9-14/h6-10,12H,4-5,11,17H2,1-3H3. The van der Waals surface area contributed by atoms with E-state index in [2.05, 4.69) is 54.6 Å². The third-order valence-corrected chi connectivity index (χ3v) is 4.16. The van der Waals surface area contributed by atoms with Crippen molar-refractivity contribution in [2.75, 3.05) is 6.54 Å². The van der Waals surface area contributed by atoms with Gasteiger partial charge in [-0.25, -0.2) is 4.98 Å². The molecule has 0 saturated heterocycles. The third-order valence-electron chi connectivity index (χ3n) is 4.16. The molecule has 19 heavy (non-hydrogen) atoms. The summed E-state index contributed by atoms with van der Waals surface area (Å²) in [4.78, 5) is 4.35. The second-order valence-corrected chi connectivity index (χ2v) is 5.15. The highest BCUT2D eigenvalue weighted by atomic mass is 15.1. The molecule has 2 aromatic rings. The number of hydrogen-bond acceptors (Lipinski definition) is 2. The summed E-state index contributed by atoms with van der Waals surface area (Å²) >= 11 is 0. The summed E-state index contributed by atoms with van der Waals surface area (Å²) < 4.78 is 2.25. The molecule has 0 fully saturated rings. The summed E-state index contributed by atoms with van der Waals surface area (Å²) in [6, 6.07) is 8.53. The fourth-order valence-electron chi connectivity index (χ4n) is 2.67. The maximum Gasteiger partial charge on any atom is 0.0956 e. The van der Waals surface area contributed by atoms with Gasteiger partial charge >= 0.3 is 0 Å². The summed E-state index contributed by atoms with van der Waals surface area (Å²) in [6.45, 7) is 7.13. The molecule has 0 spiro atoms. The monoisotopic (exact) mass is 257 g/mol. The molecule has 3 heteroatoms. The van der Waals surface area contributed by atoms with Crippen molar-refractivity contribution < 1.29 is 0 Å². The molecule has 102 valence electrons. The van der Waals surface area contributed by atoms with Crippen LogP contribution in [0.4, 0.5) is 0 Å². The molecule has 3 nitrogen and oxygen atoms in total. The Balaban J connectivity index is 2.53. The quantitative estimate of drug-likeness (QED) is 0.893. The fraction of sp³-hybridized carbons (Fsp3) is 0.438. The smallest absolute Gasteiger partial charge is 0.0956 e. The molecule has 0 aliphatic rings. The molecule has 0 aliphatic heterocycles. The first kappa shape index (κ1) is 13.8. The van der Waals surface area contributed by atoms with Crippen molar-refractivity contribution in [2.24, 2.45) is 5.73 Å². The average Bonchev–Trinajstić information content (AvgIpc) is 2.91. The molecule has 0 saturated carbocycles. The van der Waals surface area contributed by atoms with Crippen molar-refractivity contribution in [1.82, 2.24) is 9.55 Å². The lowest BCUT2D eigenvalue weighted by Gasteiger charge is -2.33. The topological polar surface area (TPSA) is 43.8 Å². The molecule has 0 unspecified atom stereocenters. The van der Waals surface area contributed by atoms with Gasteiger partial charge in [-0.1, -0.05) is 37.6 Å². The summed E-state index contributed by atoms with van der Waals surface area (Å²) in [7, 11) is 0. The lowest BCUT2D eigenvalue weighted by molar-refractivity contribution is 0.274. The average molecular weight is 257 g/mol. The van der Waals surface area contributed by atoms with Gasteiger partial charge in [-0.05, 0) is 25.8 Å². The van der Waals surface area contributed by atoms with Gasteiger partial charge < -0.3 is 10.3 Å². The van der Waals surface area contributed by atoms with E-state index in [0.29, 0.717) is 6.54 Å². The van der Waals surface area contributed by atoms with E-state index in [0.717, 1.165) is 18.5 Å². The van der Waals surface area contributed by atoms with Gasteiger partial charge in [-0.3, -0.25) is 0 Å². The van der Waals surface area contributed by atoms with E-state index in [1.54, 1.807) is 0 Å². The number of nitrogens with zero attached hydrogens (tertiary/aromatic N) is 2. The molecule has 1 heterocycles. The summed E-state index contributed by atoms with van der Waals surface area (Å²) in [6.07, 6.45) is 5.87. The highest BCUT2D eigenvalue weighted by Gasteiger charge is 2.28. The highest BCUT2D eigenvalue weighted by Crippen LogP contribution is 2.30. The van der Waals surface area contributed by atoms with Crippen LogP contribution >= 0.6 is 0 Å². The van der Waals surface area contributed by atoms with Crippen LogP contribution in [-0.4, -0.2) is 16.1 Å². The van der Waals surface area contributed by atoms with Crippen molar-refractivity contribution >= 4 is 0 Å². The van der Waals surface area contributed by atoms with Gasteiger partial charge in [0.2, 0.25) is 0 Å². The van der Waals surface area contributed by atoms with Crippen molar-refractivity contribution in [3.8, 4) is 11.3 Å². The molecular formula is C16H23N3. The van der Waals surface area contributed by atoms with Gasteiger partial charge in [0.05, 0.1) is 23.8 Å². The van der Waals surface area contributed by atoms with Gasteiger partial charge in [0.25, 0.3) is 0 Å². The van der Waals surface area contributed by atoms with Crippen LogP contribution in [0.1, 0.15) is 32.3 Å². The van der Waals surface area contributed by atoms with E-state index in [1.807, 2.05) is 12.5 Å². The second kappa shape index (κ2) is 5.57. The number of hydrogen-bond donors (Lipinski definition) is 1. The molecule has 2 rings (SSSR count). The summed E-state index contributed by atoms with van der Waals surface area (Å²) in [5, 5.41) is 0. The molecule has 0 atom stereocenters. The Bertz CT molecular complexity index is 530. The third kappa shape index (κ3) is 2.43. The van der Waals surface area contributed by atoms with Crippen LogP contribution in [0.2, 0.25) is 0 Å². The SMILES string of the molecule is CCC(CC)(CN)n1cncc1-c1cccc(C)c1. The number of nitrogens with two attached hydrogens (primary N) is 1. The molecule has 1 aromatic heterocycles.